The maximum Gasteiger partial charge on any atom is 0.153 e. The quantitative estimate of drug-likeness (QED) is 0.784. The molecule has 0 bridgehead atoms. The summed E-state index contributed by atoms with van der Waals surface area (Å²) in [5.41, 5.74) is 0. The molecule has 3 unspecified atom stereocenters. The van der Waals surface area contributed by atoms with Gasteiger partial charge in [0, 0.05) is 18.6 Å². The first-order chi connectivity index (χ1) is 9.50. The highest BCUT2D eigenvalue weighted by molar-refractivity contribution is 7.92. The summed E-state index contributed by atoms with van der Waals surface area (Å²) >= 11 is 0. The smallest absolute Gasteiger partial charge is 0.153 e. The highest BCUT2D eigenvalue weighted by Gasteiger charge is 2.34. The standard InChI is InChI=1S/C15H30N2O2S/c1-12(2)20(18,19)11-10-17-15-8-5-6-13(15)14-7-3-4-9-16-14/h12-17H,3-11H2,1-2H3. The lowest BCUT2D eigenvalue weighted by Crippen LogP contribution is -2.47. The first-order valence-corrected chi connectivity index (χ1v) is 9.90. The molecule has 4 nitrogen and oxygen atoms in total. The molecule has 0 spiro atoms. The summed E-state index contributed by atoms with van der Waals surface area (Å²) in [5, 5.41) is 6.92. The van der Waals surface area contributed by atoms with Gasteiger partial charge in [0.05, 0.1) is 11.0 Å². The van der Waals surface area contributed by atoms with Crippen molar-refractivity contribution in [1.82, 2.24) is 10.6 Å². The van der Waals surface area contributed by atoms with Crippen LogP contribution in [-0.2, 0) is 9.84 Å². The van der Waals surface area contributed by atoms with E-state index in [0.29, 0.717) is 24.5 Å². The Balaban J connectivity index is 1.79. The fourth-order valence-electron chi connectivity index (χ4n) is 3.59. The maximum absolute atomic E-state index is 11.8. The van der Waals surface area contributed by atoms with Gasteiger partial charge in [-0.2, -0.15) is 0 Å². The molecule has 20 heavy (non-hydrogen) atoms. The molecule has 2 fully saturated rings. The van der Waals surface area contributed by atoms with Gasteiger partial charge in [-0.1, -0.05) is 12.8 Å². The third kappa shape index (κ3) is 4.18. The van der Waals surface area contributed by atoms with Crippen molar-refractivity contribution >= 4 is 9.84 Å². The van der Waals surface area contributed by atoms with Gasteiger partial charge in [-0.15, -0.1) is 0 Å². The van der Waals surface area contributed by atoms with Crippen LogP contribution in [0.25, 0.3) is 0 Å². The molecule has 2 rings (SSSR count). The van der Waals surface area contributed by atoms with Crippen molar-refractivity contribution < 1.29 is 8.42 Å². The molecule has 5 heteroatoms. The minimum absolute atomic E-state index is 0.260. The Labute approximate surface area is 124 Å². The van der Waals surface area contributed by atoms with Crippen LogP contribution in [0, 0.1) is 5.92 Å². The van der Waals surface area contributed by atoms with E-state index in [1.54, 1.807) is 13.8 Å². The van der Waals surface area contributed by atoms with Crippen LogP contribution < -0.4 is 10.6 Å². The van der Waals surface area contributed by atoms with Crippen LogP contribution in [-0.4, -0.2) is 44.6 Å². The Morgan fingerprint density at radius 3 is 2.60 bits per heavy atom. The molecular formula is C15H30N2O2S. The van der Waals surface area contributed by atoms with Gasteiger partial charge >= 0.3 is 0 Å². The summed E-state index contributed by atoms with van der Waals surface area (Å²) in [4.78, 5) is 0. The van der Waals surface area contributed by atoms with E-state index in [1.807, 2.05) is 0 Å². The molecule has 1 aliphatic carbocycles. The zero-order valence-electron chi connectivity index (χ0n) is 12.9. The summed E-state index contributed by atoms with van der Waals surface area (Å²) in [7, 11) is -2.91. The number of sulfone groups is 1. The van der Waals surface area contributed by atoms with Crippen molar-refractivity contribution in [3.63, 3.8) is 0 Å². The number of piperidine rings is 1. The van der Waals surface area contributed by atoms with Crippen LogP contribution in [0.15, 0.2) is 0 Å². The SMILES string of the molecule is CC(C)S(=O)(=O)CCNC1CCCC1C1CCCCN1. The number of hydrogen-bond donors (Lipinski definition) is 2. The molecule has 1 aliphatic heterocycles. The third-order valence-electron chi connectivity index (χ3n) is 4.95. The van der Waals surface area contributed by atoms with Gasteiger partial charge in [0.2, 0.25) is 0 Å². The van der Waals surface area contributed by atoms with E-state index >= 15 is 0 Å². The normalized spacial score (nSPS) is 31.9. The highest BCUT2D eigenvalue weighted by atomic mass is 32.2. The number of nitrogens with one attached hydrogen (secondary N) is 2. The van der Waals surface area contributed by atoms with Crippen LogP contribution in [0.5, 0.6) is 0 Å². The molecule has 3 atom stereocenters. The van der Waals surface area contributed by atoms with Gasteiger partial charge in [-0.05, 0) is 52.0 Å². The molecule has 2 aliphatic rings. The van der Waals surface area contributed by atoms with Crippen LogP contribution in [0.4, 0.5) is 0 Å². The predicted molar refractivity (Wildman–Crippen MR) is 83.7 cm³/mol. The van der Waals surface area contributed by atoms with Crippen LogP contribution in [0.2, 0.25) is 0 Å². The second-order valence-corrected chi connectivity index (χ2v) is 9.30. The Kier molecular flexibility index (Phi) is 5.87. The summed E-state index contributed by atoms with van der Waals surface area (Å²) in [6.45, 7) is 5.28. The van der Waals surface area contributed by atoms with Crippen LogP contribution in [0.3, 0.4) is 0 Å². The molecule has 1 saturated carbocycles. The van der Waals surface area contributed by atoms with E-state index in [4.69, 9.17) is 0 Å². The Morgan fingerprint density at radius 1 is 1.15 bits per heavy atom. The molecule has 1 saturated heterocycles. The van der Waals surface area contributed by atoms with Gasteiger partial charge in [0.25, 0.3) is 0 Å². The fraction of sp³-hybridized carbons (Fsp3) is 1.00. The van der Waals surface area contributed by atoms with Gasteiger partial charge in [-0.25, -0.2) is 8.42 Å². The van der Waals surface area contributed by atoms with Gasteiger partial charge < -0.3 is 10.6 Å². The minimum Gasteiger partial charge on any atom is -0.314 e. The van der Waals surface area contributed by atoms with Crippen LogP contribution >= 0.6 is 0 Å². The zero-order chi connectivity index (χ0) is 14.6. The lowest BCUT2D eigenvalue weighted by molar-refractivity contribution is 0.259. The Morgan fingerprint density at radius 2 is 1.95 bits per heavy atom. The molecule has 0 radical (unpaired) electrons. The number of rotatable bonds is 6. The fourth-order valence-corrected chi connectivity index (χ4v) is 4.46. The summed E-state index contributed by atoms with van der Waals surface area (Å²) in [6, 6.07) is 1.15. The minimum atomic E-state index is -2.91. The molecular weight excluding hydrogens is 272 g/mol. The monoisotopic (exact) mass is 302 g/mol. The van der Waals surface area contributed by atoms with Gasteiger partial charge in [0.1, 0.15) is 0 Å². The first kappa shape index (κ1) is 16.2. The van der Waals surface area contributed by atoms with Gasteiger partial charge in [0.15, 0.2) is 9.84 Å². The summed E-state index contributed by atoms with van der Waals surface area (Å²) < 4.78 is 23.7. The topological polar surface area (TPSA) is 58.2 Å². The lowest BCUT2D eigenvalue weighted by atomic mass is 9.88. The van der Waals surface area contributed by atoms with Crippen molar-refractivity contribution in [3.8, 4) is 0 Å². The second-order valence-electron chi connectivity index (χ2n) is 6.63. The van der Waals surface area contributed by atoms with Crippen LogP contribution in [0.1, 0.15) is 52.4 Å². The van der Waals surface area contributed by atoms with Crippen molar-refractivity contribution in [2.24, 2.45) is 5.92 Å². The van der Waals surface area contributed by atoms with Crippen molar-refractivity contribution in [2.75, 3.05) is 18.8 Å². The molecule has 0 aromatic rings. The Bertz CT molecular complexity index is 389. The molecule has 0 aromatic carbocycles. The maximum atomic E-state index is 11.8. The van der Waals surface area contributed by atoms with E-state index in [-0.39, 0.29) is 11.0 Å². The van der Waals surface area contributed by atoms with Gasteiger partial charge in [-0.3, -0.25) is 0 Å². The molecule has 118 valence electrons. The predicted octanol–water partition coefficient (Wildman–Crippen LogP) is 1.71. The van der Waals surface area contributed by atoms with Crippen molar-refractivity contribution in [1.29, 1.82) is 0 Å². The third-order valence-corrected chi connectivity index (χ3v) is 7.16. The largest absolute Gasteiger partial charge is 0.314 e. The Hall–Kier alpha value is -0.130. The second kappa shape index (κ2) is 7.23. The zero-order valence-corrected chi connectivity index (χ0v) is 13.7. The van der Waals surface area contributed by atoms with Crippen molar-refractivity contribution in [2.45, 2.75) is 69.7 Å². The van der Waals surface area contributed by atoms with E-state index < -0.39 is 9.84 Å². The number of hydrogen-bond acceptors (Lipinski definition) is 4. The van der Waals surface area contributed by atoms with E-state index in [1.165, 1.54) is 38.5 Å². The molecule has 0 amide bonds. The van der Waals surface area contributed by atoms with E-state index in [0.717, 1.165) is 6.54 Å². The first-order valence-electron chi connectivity index (χ1n) is 8.19. The summed E-state index contributed by atoms with van der Waals surface area (Å²) in [5.74, 6) is 0.962. The average molecular weight is 302 g/mol. The molecule has 0 aromatic heterocycles. The van der Waals surface area contributed by atoms with E-state index in [2.05, 4.69) is 10.6 Å². The molecule has 2 N–H and O–H groups in total. The summed E-state index contributed by atoms with van der Waals surface area (Å²) in [6.07, 6.45) is 7.68. The average Bonchev–Trinajstić information content (AvgIpc) is 2.88. The molecule has 1 heterocycles. The van der Waals surface area contributed by atoms with E-state index in [9.17, 15) is 8.42 Å². The highest BCUT2D eigenvalue weighted by Crippen LogP contribution is 2.31. The lowest BCUT2D eigenvalue weighted by Gasteiger charge is -2.33. The van der Waals surface area contributed by atoms with Crippen molar-refractivity contribution in [3.05, 3.63) is 0 Å².